The van der Waals surface area contributed by atoms with Crippen LogP contribution in [0.5, 0.6) is 0 Å². The zero-order valence-electron chi connectivity index (χ0n) is 9.67. The van der Waals surface area contributed by atoms with Gasteiger partial charge in [0.2, 0.25) is 11.8 Å². The molecule has 0 radical (unpaired) electrons. The van der Waals surface area contributed by atoms with E-state index in [1.807, 2.05) is 6.92 Å². The molecule has 2 fully saturated rings. The van der Waals surface area contributed by atoms with Crippen LogP contribution in [0.2, 0.25) is 0 Å². The highest BCUT2D eigenvalue weighted by atomic mass is 16.2. The Morgan fingerprint density at radius 2 is 2.12 bits per heavy atom. The second-order valence-electron chi connectivity index (χ2n) is 4.86. The van der Waals surface area contributed by atoms with Crippen LogP contribution in [-0.2, 0) is 9.59 Å². The minimum atomic E-state index is -0.227. The van der Waals surface area contributed by atoms with Crippen molar-refractivity contribution in [1.82, 2.24) is 10.6 Å². The first kappa shape index (κ1) is 11.3. The fourth-order valence-corrected chi connectivity index (χ4v) is 2.16. The standard InChI is InChI=1S/C11H17N3O2/c1-7(14-11(2)5-12-6-11)8-3-4-9(15)13-10(8)16/h8,12H,3-6H2,1-2H3,(H,13,15,16). The van der Waals surface area contributed by atoms with Crippen LogP contribution in [0, 0.1) is 5.92 Å². The average molecular weight is 223 g/mol. The molecule has 5 nitrogen and oxygen atoms in total. The van der Waals surface area contributed by atoms with Crippen molar-refractivity contribution in [1.29, 1.82) is 0 Å². The number of piperidine rings is 1. The van der Waals surface area contributed by atoms with Gasteiger partial charge in [-0.05, 0) is 20.3 Å². The number of imide groups is 1. The summed E-state index contributed by atoms with van der Waals surface area (Å²) >= 11 is 0. The van der Waals surface area contributed by atoms with Crippen molar-refractivity contribution in [2.45, 2.75) is 32.2 Å². The molecule has 88 valence electrons. The zero-order chi connectivity index (χ0) is 11.8. The molecule has 0 aromatic carbocycles. The Morgan fingerprint density at radius 3 is 2.62 bits per heavy atom. The number of amides is 2. The minimum absolute atomic E-state index is 0.0637. The first-order valence-corrected chi connectivity index (χ1v) is 5.61. The van der Waals surface area contributed by atoms with Crippen LogP contribution < -0.4 is 10.6 Å². The normalized spacial score (nSPS) is 29.6. The Morgan fingerprint density at radius 1 is 1.44 bits per heavy atom. The van der Waals surface area contributed by atoms with Crippen molar-refractivity contribution in [3.8, 4) is 0 Å². The van der Waals surface area contributed by atoms with Gasteiger partial charge in [-0.1, -0.05) is 0 Å². The third-order valence-corrected chi connectivity index (χ3v) is 3.20. The zero-order valence-corrected chi connectivity index (χ0v) is 9.67. The predicted octanol–water partition coefficient (Wildman–Crippen LogP) is -0.138. The van der Waals surface area contributed by atoms with E-state index in [-0.39, 0.29) is 23.3 Å². The van der Waals surface area contributed by atoms with E-state index in [0.29, 0.717) is 12.8 Å². The van der Waals surface area contributed by atoms with Gasteiger partial charge in [0.15, 0.2) is 0 Å². The van der Waals surface area contributed by atoms with E-state index in [9.17, 15) is 9.59 Å². The Kier molecular flexibility index (Phi) is 2.80. The molecule has 5 heteroatoms. The lowest BCUT2D eigenvalue weighted by Crippen LogP contribution is -2.56. The maximum Gasteiger partial charge on any atom is 0.235 e. The number of aliphatic imine (C=N–C) groups is 1. The van der Waals surface area contributed by atoms with Crippen molar-refractivity contribution in [3.63, 3.8) is 0 Å². The van der Waals surface area contributed by atoms with Gasteiger partial charge in [0.25, 0.3) is 0 Å². The van der Waals surface area contributed by atoms with E-state index >= 15 is 0 Å². The summed E-state index contributed by atoms with van der Waals surface area (Å²) in [6.45, 7) is 5.66. The van der Waals surface area contributed by atoms with E-state index in [1.165, 1.54) is 0 Å². The van der Waals surface area contributed by atoms with E-state index in [4.69, 9.17) is 0 Å². The van der Waals surface area contributed by atoms with Crippen LogP contribution in [0.4, 0.5) is 0 Å². The minimum Gasteiger partial charge on any atom is -0.312 e. The smallest absolute Gasteiger partial charge is 0.235 e. The van der Waals surface area contributed by atoms with E-state index in [0.717, 1.165) is 18.8 Å². The number of hydrogen-bond donors (Lipinski definition) is 2. The van der Waals surface area contributed by atoms with Gasteiger partial charge in [0.1, 0.15) is 0 Å². The lowest BCUT2D eigenvalue weighted by atomic mass is 9.91. The molecule has 0 saturated carbocycles. The number of carbonyl (C=O) groups is 2. The second-order valence-corrected chi connectivity index (χ2v) is 4.86. The van der Waals surface area contributed by atoms with Gasteiger partial charge < -0.3 is 5.32 Å². The maximum atomic E-state index is 11.6. The molecule has 1 unspecified atom stereocenters. The number of nitrogens with zero attached hydrogens (tertiary/aromatic N) is 1. The summed E-state index contributed by atoms with van der Waals surface area (Å²) < 4.78 is 0. The highest BCUT2D eigenvalue weighted by Crippen LogP contribution is 2.20. The highest BCUT2D eigenvalue weighted by Gasteiger charge is 2.34. The topological polar surface area (TPSA) is 70.6 Å². The first-order chi connectivity index (χ1) is 7.50. The van der Waals surface area contributed by atoms with Crippen molar-refractivity contribution >= 4 is 17.5 Å². The van der Waals surface area contributed by atoms with Crippen LogP contribution in [0.15, 0.2) is 4.99 Å². The summed E-state index contributed by atoms with van der Waals surface area (Å²) in [6.07, 6.45) is 1.00. The molecule has 2 saturated heterocycles. The fourth-order valence-electron chi connectivity index (χ4n) is 2.16. The van der Waals surface area contributed by atoms with Crippen molar-refractivity contribution in [2.24, 2.45) is 10.9 Å². The number of hydrogen-bond acceptors (Lipinski definition) is 4. The summed E-state index contributed by atoms with van der Waals surface area (Å²) in [5.74, 6) is -0.603. The molecule has 0 aromatic heterocycles. The van der Waals surface area contributed by atoms with E-state index in [2.05, 4.69) is 22.5 Å². The van der Waals surface area contributed by atoms with E-state index < -0.39 is 0 Å². The average Bonchev–Trinajstić information content (AvgIpc) is 2.14. The Labute approximate surface area is 94.7 Å². The van der Waals surface area contributed by atoms with E-state index in [1.54, 1.807) is 0 Å². The van der Waals surface area contributed by atoms with Crippen LogP contribution in [0.25, 0.3) is 0 Å². The molecule has 0 spiro atoms. The highest BCUT2D eigenvalue weighted by molar-refractivity contribution is 6.10. The van der Waals surface area contributed by atoms with Gasteiger partial charge >= 0.3 is 0 Å². The van der Waals surface area contributed by atoms with Gasteiger partial charge in [-0.15, -0.1) is 0 Å². The molecule has 2 rings (SSSR count). The molecule has 2 amide bonds. The number of rotatable bonds is 2. The second kappa shape index (κ2) is 3.97. The number of nitrogens with one attached hydrogen (secondary N) is 2. The van der Waals surface area contributed by atoms with Gasteiger partial charge in [-0.2, -0.15) is 0 Å². The molecule has 2 N–H and O–H groups in total. The molecular formula is C11H17N3O2. The van der Waals surface area contributed by atoms with Gasteiger partial charge in [-0.3, -0.25) is 19.9 Å². The monoisotopic (exact) mass is 223 g/mol. The quantitative estimate of drug-likeness (QED) is 0.505. The van der Waals surface area contributed by atoms with Crippen LogP contribution in [0.3, 0.4) is 0 Å². The number of carbonyl (C=O) groups excluding carboxylic acids is 2. The maximum absolute atomic E-state index is 11.6. The van der Waals surface area contributed by atoms with Crippen LogP contribution >= 0.6 is 0 Å². The Balaban J connectivity index is 2.06. The molecule has 0 aromatic rings. The molecule has 1 atom stereocenters. The Bertz CT molecular complexity index is 358. The van der Waals surface area contributed by atoms with Gasteiger partial charge in [0, 0.05) is 25.2 Å². The lowest BCUT2D eigenvalue weighted by Gasteiger charge is -2.37. The van der Waals surface area contributed by atoms with Crippen molar-refractivity contribution in [2.75, 3.05) is 13.1 Å². The SMILES string of the molecule is CC(=NC1(C)CNC1)C1CCC(=O)NC1=O. The predicted molar refractivity (Wildman–Crippen MR) is 60.3 cm³/mol. The van der Waals surface area contributed by atoms with Gasteiger partial charge in [-0.25, -0.2) is 0 Å². The largest absolute Gasteiger partial charge is 0.312 e. The fraction of sp³-hybridized carbons (Fsp3) is 0.727. The third-order valence-electron chi connectivity index (χ3n) is 3.20. The third kappa shape index (κ3) is 2.14. The summed E-state index contributed by atoms with van der Waals surface area (Å²) in [5.41, 5.74) is 0.778. The molecule has 2 aliphatic rings. The molecule has 2 aliphatic heterocycles. The van der Waals surface area contributed by atoms with Crippen molar-refractivity contribution < 1.29 is 9.59 Å². The van der Waals surface area contributed by atoms with Crippen LogP contribution in [0.1, 0.15) is 26.7 Å². The van der Waals surface area contributed by atoms with Crippen LogP contribution in [-0.4, -0.2) is 36.2 Å². The Hall–Kier alpha value is -1.23. The molecule has 16 heavy (non-hydrogen) atoms. The molecular weight excluding hydrogens is 206 g/mol. The summed E-state index contributed by atoms with van der Waals surface area (Å²) in [6, 6.07) is 0. The summed E-state index contributed by atoms with van der Waals surface area (Å²) in [5, 5.41) is 5.52. The van der Waals surface area contributed by atoms with Gasteiger partial charge in [0.05, 0.1) is 11.5 Å². The first-order valence-electron chi connectivity index (χ1n) is 5.61. The molecule has 2 heterocycles. The summed E-state index contributed by atoms with van der Waals surface area (Å²) in [7, 11) is 0. The molecule has 0 bridgehead atoms. The van der Waals surface area contributed by atoms with Crippen molar-refractivity contribution in [3.05, 3.63) is 0 Å². The lowest BCUT2D eigenvalue weighted by molar-refractivity contribution is -0.134. The summed E-state index contributed by atoms with van der Waals surface area (Å²) in [4.78, 5) is 27.2. The molecule has 0 aliphatic carbocycles.